The first-order valence-electron chi connectivity index (χ1n) is 6.69. The summed E-state index contributed by atoms with van der Waals surface area (Å²) in [5.74, 6) is 0.505. The van der Waals surface area contributed by atoms with E-state index in [9.17, 15) is 4.79 Å². The fourth-order valence-corrected chi connectivity index (χ4v) is 1.96. The maximum absolute atomic E-state index is 12.0. The van der Waals surface area contributed by atoms with Gasteiger partial charge in [-0.3, -0.25) is 5.32 Å². The lowest BCUT2D eigenvalue weighted by Gasteiger charge is -2.08. The molecule has 0 saturated heterocycles. The van der Waals surface area contributed by atoms with E-state index in [1.165, 1.54) is 0 Å². The number of urea groups is 1. The molecule has 2 N–H and O–H groups in total. The quantitative estimate of drug-likeness (QED) is 0.777. The highest BCUT2D eigenvalue weighted by atomic mass is 16.2. The van der Waals surface area contributed by atoms with E-state index in [-0.39, 0.29) is 6.03 Å². The third kappa shape index (κ3) is 3.26. The molecule has 2 heterocycles. The van der Waals surface area contributed by atoms with Gasteiger partial charge in [-0.25, -0.2) is 14.5 Å². The van der Waals surface area contributed by atoms with Crippen LogP contribution in [0.2, 0.25) is 0 Å². The predicted octanol–water partition coefficient (Wildman–Crippen LogP) is 2.61. The van der Waals surface area contributed by atoms with Gasteiger partial charge in [0.2, 0.25) is 0 Å². The number of anilines is 2. The lowest BCUT2D eigenvalue weighted by atomic mass is 10.3. The number of nitrogens with one attached hydrogen (secondary N) is 2. The number of amides is 2. The van der Waals surface area contributed by atoms with Crippen molar-refractivity contribution in [3.63, 3.8) is 0 Å². The van der Waals surface area contributed by atoms with E-state index in [0.717, 1.165) is 11.4 Å². The topological polar surface area (TPSA) is 84.7 Å². The minimum atomic E-state index is -0.353. The molecular formula is C15H14N6O. The van der Waals surface area contributed by atoms with Crippen LogP contribution in [0.4, 0.5) is 16.3 Å². The van der Waals surface area contributed by atoms with Gasteiger partial charge in [-0.05, 0) is 37.3 Å². The van der Waals surface area contributed by atoms with Crippen molar-refractivity contribution in [3.05, 3.63) is 60.6 Å². The van der Waals surface area contributed by atoms with Crippen LogP contribution in [0.1, 0.15) is 5.69 Å². The Labute approximate surface area is 127 Å². The van der Waals surface area contributed by atoms with E-state index >= 15 is 0 Å². The zero-order valence-corrected chi connectivity index (χ0v) is 11.9. The molecule has 1 aromatic carbocycles. The number of aromatic nitrogens is 4. The van der Waals surface area contributed by atoms with Crippen molar-refractivity contribution in [2.45, 2.75) is 6.92 Å². The maximum atomic E-state index is 12.0. The Morgan fingerprint density at radius 2 is 2.00 bits per heavy atom. The molecule has 0 aliphatic heterocycles. The first kappa shape index (κ1) is 13.7. The Morgan fingerprint density at radius 1 is 1.14 bits per heavy atom. The molecule has 0 saturated carbocycles. The van der Waals surface area contributed by atoms with Crippen LogP contribution < -0.4 is 10.6 Å². The molecule has 0 aliphatic carbocycles. The molecule has 110 valence electrons. The Morgan fingerprint density at radius 3 is 2.77 bits per heavy atom. The molecule has 2 amide bonds. The van der Waals surface area contributed by atoms with Crippen LogP contribution in [-0.4, -0.2) is 26.0 Å². The minimum absolute atomic E-state index is 0.353. The summed E-state index contributed by atoms with van der Waals surface area (Å²) >= 11 is 0. The van der Waals surface area contributed by atoms with Gasteiger partial charge >= 0.3 is 6.03 Å². The molecule has 3 rings (SSSR count). The second-order valence-corrected chi connectivity index (χ2v) is 4.64. The van der Waals surface area contributed by atoms with Crippen molar-refractivity contribution >= 4 is 17.5 Å². The first-order valence-corrected chi connectivity index (χ1v) is 6.69. The second kappa shape index (κ2) is 6.04. The SMILES string of the molecule is Cc1cccc(NC(=O)Nc2cccc(-n3ccnn3)c2)n1. The molecule has 0 aliphatic rings. The molecule has 0 bridgehead atoms. The fourth-order valence-electron chi connectivity index (χ4n) is 1.96. The summed E-state index contributed by atoms with van der Waals surface area (Å²) in [6, 6.07) is 12.4. The van der Waals surface area contributed by atoms with Gasteiger partial charge in [0.15, 0.2) is 0 Å². The standard InChI is InChI=1S/C15H14N6O/c1-11-4-2-7-14(17-11)19-15(22)18-12-5-3-6-13(10-12)21-9-8-16-20-21/h2-10H,1H3,(H2,17,18,19,22). The highest BCUT2D eigenvalue weighted by Crippen LogP contribution is 2.14. The number of aryl methyl sites for hydroxylation is 1. The average Bonchev–Trinajstić information content (AvgIpc) is 3.01. The molecule has 7 heteroatoms. The van der Waals surface area contributed by atoms with E-state index in [0.29, 0.717) is 11.5 Å². The molecule has 2 aromatic heterocycles. The largest absolute Gasteiger partial charge is 0.324 e. The summed E-state index contributed by atoms with van der Waals surface area (Å²) in [5, 5.41) is 13.1. The number of nitrogens with zero attached hydrogens (tertiary/aromatic N) is 4. The molecule has 0 spiro atoms. The summed E-state index contributed by atoms with van der Waals surface area (Å²) in [5.41, 5.74) is 2.30. The molecule has 0 radical (unpaired) electrons. The summed E-state index contributed by atoms with van der Waals surface area (Å²) in [4.78, 5) is 16.2. The molecular weight excluding hydrogens is 280 g/mol. The van der Waals surface area contributed by atoms with Crippen LogP contribution in [0, 0.1) is 6.92 Å². The van der Waals surface area contributed by atoms with Gasteiger partial charge in [0.05, 0.1) is 18.1 Å². The number of rotatable bonds is 3. The zero-order chi connectivity index (χ0) is 15.4. The Bertz CT molecular complexity index is 784. The summed E-state index contributed by atoms with van der Waals surface area (Å²) < 4.78 is 1.62. The van der Waals surface area contributed by atoms with E-state index in [2.05, 4.69) is 25.9 Å². The third-order valence-corrected chi connectivity index (χ3v) is 2.92. The number of pyridine rings is 1. The summed E-state index contributed by atoms with van der Waals surface area (Å²) in [6.07, 6.45) is 3.33. The van der Waals surface area contributed by atoms with E-state index in [1.807, 2.05) is 31.2 Å². The molecule has 0 fully saturated rings. The van der Waals surface area contributed by atoms with Crippen LogP contribution >= 0.6 is 0 Å². The van der Waals surface area contributed by atoms with Crippen LogP contribution in [0.5, 0.6) is 0 Å². The van der Waals surface area contributed by atoms with E-state index < -0.39 is 0 Å². The van der Waals surface area contributed by atoms with Crippen LogP contribution in [0.3, 0.4) is 0 Å². The lowest BCUT2D eigenvalue weighted by molar-refractivity contribution is 0.262. The van der Waals surface area contributed by atoms with Gasteiger partial charge < -0.3 is 5.32 Å². The Balaban J connectivity index is 1.70. The second-order valence-electron chi connectivity index (χ2n) is 4.64. The highest BCUT2D eigenvalue weighted by Gasteiger charge is 2.05. The maximum Gasteiger partial charge on any atom is 0.324 e. The summed E-state index contributed by atoms with van der Waals surface area (Å²) in [7, 11) is 0. The van der Waals surface area contributed by atoms with E-state index in [4.69, 9.17) is 0 Å². The van der Waals surface area contributed by atoms with Crippen molar-refractivity contribution in [1.29, 1.82) is 0 Å². The molecule has 22 heavy (non-hydrogen) atoms. The highest BCUT2D eigenvalue weighted by molar-refractivity contribution is 5.99. The fraction of sp³-hybridized carbons (Fsp3) is 0.0667. The number of carbonyl (C=O) groups is 1. The van der Waals surface area contributed by atoms with Gasteiger partial charge in [-0.1, -0.05) is 17.3 Å². The normalized spacial score (nSPS) is 10.2. The number of hydrogen-bond acceptors (Lipinski definition) is 4. The van der Waals surface area contributed by atoms with Crippen LogP contribution in [0.25, 0.3) is 5.69 Å². The van der Waals surface area contributed by atoms with Gasteiger partial charge in [-0.2, -0.15) is 0 Å². The van der Waals surface area contributed by atoms with Crippen molar-refractivity contribution in [3.8, 4) is 5.69 Å². The summed E-state index contributed by atoms with van der Waals surface area (Å²) in [6.45, 7) is 1.87. The number of hydrogen-bond donors (Lipinski definition) is 2. The number of benzene rings is 1. The van der Waals surface area contributed by atoms with Crippen LogP contribution in [0.15, 0.2) is 54.9 Å². The van der Waals surface area contributed by atoms with Gasteiger partial charge in [-0.15, -0.1) is 5.10 Å². The minimum Gasteiger partial charge on any atom is -0.308 e. The Hall–Kier alpha value is -3.22. The number of carbonyl (C=O) groups excluding carboxylic acids is 1. The van der Waals surface area contributed by atoms with Crippen molar-refractivity contribution in [2.24, 2.45) is 0 Å². The molecule has 0 unspecified atom stereocenters. The molecule has 7 nitrogen and oxygen atoms in total. The van der Waals surface area contributed by atoms with Crippen LogP contribution in [-0.2, 0) is 0 Å². The lowest BCUT2D eigenvalue weighted by Crippen LogP contribution is -2.20. The molecule has 0 atom stereocenters. The van der Waals surface area contributed by atoms with Crippen molar-refractivity contribution in [2.75, 3.05) is 10.6 Å². The van der Waals surface area contributed by atoms with Gasteiger partial charge in [0, 0.05) is 11.4 Å². The van der Waals surface area contributed by atoms with Gasteiger partial charge in [0.25, 0.3) is 0 Å². The first-order chi connectivity index (χ1) is 10.7. The monoisotopic (exact) mass is 294 g/mol. The van der Waals surface area contributed by atoms with Crippen molar-refractivity contribution < 1.29 is 4.79 Å². The Kier molecular flexibility index (Phi) is 3.78. The molecule has 3 aromatic rings. The van der Waals surface area contributed by atoms with E-state index in [1.54, 1.807) is 35.3 Å². The van der Waals surface area contributed by atoms with Crippen molar-refractivity contribution in [1.82, 2.24) is 20.0 Å². The van der Waals surface area contributed by atoms with Gasteiger partial charge in [0.1, 0.15) is 5.82 Å². The smallest absolute Gasteiger partial charge is 0.308 e. The third-order valence-electron chi connectivity index (χ3n) is 2.92. The zero-order valence-electron chi connectivity index (χ0n) is 11.9. The average molecular weight is 294 g/mol. The predicted molar refractivity (Wildman–Crippen MR) is 83.0 cm³/mol.